The fourth-order valence-corrected chi connectivity index (χ4v) is 3.15. The lowest BCUT2D eigenvalue weighted by Crippen LogP contribution is -1.98. The zero-order valence-corrected chi connectivity index (χ0v) is 11.3. The lowest BCUT2D eigenvalue weighted by Gasteiger charge is -2.00. The van der Waals surface area contributed by atoms with Crippen molar-refractivity contribution in [3.05, 3.63) is 24.4 Å². The number of rotatable bonds is 2. The number of hydrogen-bond acceptors (Lipinski definition) is 4. The third kappa shape index (κ3) is 2.14. The van der Waals surface area contributed by atoms with Gasteiger partial charge in [-0.05, 0) is 12.1 Å². The Morgan fingerprint density at radius 3 is 2.28 bits per heavy atom. The van der Waals surface area contributed by atoms with Crippen molar-refractivity contribution in [1.82, 2.24) is 4.57 Å². The fourth-order valence-electron chi connectivity index (χ4n) is 1.76. The van der Waals surface area contributed by atoms with Gasteiger partial charge in [-0.25, -0.2) is 8.42 Å². The van der Waals surface area contributed by atoms with Crippen LogP contribution in [0.3, 0.4) is 0 Å². The number of aromatic nitrogens is 1. The summed E-state index contributed by atoms with van der Waals surface area (Å²) in [5.74, 6) is 0. The Kier molecular flexibility index (Phi) is 2.76. The Bertz CT molecular complexity index is 831. The molecule has 0 aliphatic heterocycles. The van der Waals surface area contributed by atoms with Gasteiger partial charge in [0.1, 0.15) is 4.90 Å². The van der Waals surface area contributed by atoms with E-state index in [1.54, 1.807) is 7.05 Å². The first-order chi connectivity index (χ1) is 8.10. The number of sulfone groups is 1. The number of fused-ring (bicyclic) bond motifs is 1. The third-order valence-electron chi connectivity index (χ3n) is 2.63. The highest BCUT2D eigenvalue weighted by atomic mass is 32.2. The van der Waals surface area contributed by atoms with Gasteiger partial charge >= 0.3 is 0 Å². The molecule has 0 unspecified atom stereocenters. The van der Waals surface area contributed by atoms with E-state index >= 15 is 0 Å². The average Bonchev–Trinajstić information content (AvgIpc) is 2.54. The van der Waals surface area contributed by atoms with Crippen LogP contribution in [0.15, 0.2) is 34.2 Å². The van der Waals surface area contributed by atoms with E-state index in [4.69, 9.17) is 4.55 Å². The van der Waals surface area contributed by atoms with E-state index in [9.17, 15) is 16.8 Å². The molecule has 98 valence electrons. The molecule has 0 fully saturated rings. The van der Waals surface area contributed by atoms with E-state index in [0.717, 1.165) is 6.26 Å². The van der Waals surface area contributed by atoms with Crippen LogP contribution < -0.4 is 0 Å². The first-order valence-electron chi connectivity index (χ1n) is 4.87. The number of nitrogens with zero attached hydrogens (tertiary/aromatic N) is 1. The van der Waals surface area contributed by atoms with Crippen LogP contribution in [0.4, 0.5) is 0 Å². The predicted molar refractivity (Wildman–Crippen MR) is 65.8 cm³/mol. The highest BCUT2D eigenvalue weighted by Gasteiger charge is 2.19. The van der Waals surface area contributed by atoms with E-state index in [2.05, 4.69) is 0 Å². The van der Waals surface area contributed by atoms with Gasteiger partial charge in [0.2, 0.25) is 0 Å². The van der Waals surface area contributed by atoms with Crippen LogP contribution in [0.2, 0.25) is 0 Å². The molecule has 0 bridgehead atoms. The van der Waals surface area contributed by atoms with Crippen LogP contribution in [-0.2, 0) is 27.0 Å². The second-order valence-corrected chi connectivity index (χ2v) is 7.44. The lowest BCUT2D eigenvalue weighted by atomic mass is 10.2. The minimum atomic E-state index is -4.33. The molecule has 1 heterocycles. The molecule has 1 aromatic heterocycles. The summed E-state index contributed by atoms with van der Waals surface area (Å²) in [5, 5.41) is 0.285. The summed E-state index contributed by atoms with van der Waals surface area (Å²) >= 11 is 0. The second kappa shape index (κ2) is 3.81. The SMILES string of the molecule is Cn1cc(S(=O)(=O)O)c2ccc(S(C)(=O)=O)cc21. The number of aryl methyl sites for hydroxylation is 1. The largest absolute Gasteiger partial charge is 0.349 e. The van der Waals surface area contributed by atoms with Crippen LogP contribution in [0, 0.1) is 0 Å². The van der Waals surface area contributed by atoms with Gasteiger partial charge < -0.3 is 4.57 Å². The Morgan fingerprint density at radius 2 is 1.78 bits per heavy atom. The zero-order chi connectivity index (χ0) is 13.7. The van der Waals surface area contributed by atoms with Crippen molar-refractivity contribution >= 4 is 30.9 Å². The van der Waals surface area contributed by atoms with Gasteiger partial charge in [0, 0.05) is 24.9 Å². The molecule has 2 aromatic rings. The van der Waals surface area contributed by atoms with Gasteiger partial charge in [-0.1, -0.05) is 6.07 Å². The van der Waals surface area contributed by atoms with Crippen molar-refractivity contribution in [2.45, 2.75) is 9.79 Å². The van der Waals surface area contributed by atoms with Crippen LogP contribution in [0.25, 0.3) is 10.9 Å². The average molecular weight is 289 g/mol. The summed E-state index contributed by atoms with van der Waals surface area (Å²) in [4.78, 5) is -0.141. The van der Waals surface area contributed by atoms with Crippen LogP contribution in [0.5, 0.6) is 0 Å². The summed E-state index contributed by atoms with van der Waals surface area (Å²) in [6, 6.07) is 4.06. The smallest absolute Gasteiger partial charge is 0.296 e. The van der Waals surface area contributed by atoms with Gasteiger partial charge in [-0.2, -0.15) is 8.42 Å². The summed E-state index contributed by atoms with van der Waals surface area (Å²) in [5.41, 5.74) is 0.422. The fraction of sp³-hybridized carbons (Fsp3) is 0.200. The molecule has 0 aliphatic carbocycles. The van der Waals surface area contributed by atoms with Crippen molar-refractivity contribution in [2.75, 3.05) is 6.26 Å². The molecule has 0 atom stereocenters. The van der Waals surface area contributed by atoms with Gasteiger partial charge in [-0.15, -0.1) is 0 Å². The van der Waals surface area contributed by atoms with Gasteiger partial charge in [0.05, 0.1) is 10.4 Å². The molecule has 6 nitrogen and oxygen atoms in total. The molecule has 0 spiro atoms. The summed E-state index contributed by atoms with van der Waals surface area (Å²) in [7, 11) is -6.12. The monoisotopic (exact) mass is 289 g/mol. The minimum absolute atomic E-state index is 0.0955. The normalized spacial score (nSPS) is 13.1. The van der Waals surface area contributed by atoms with Gasteiger partial charge in [-0.3, -0.25) is 4.55 Å². The molecule has 2 rings (SSSR count). The Labute approximate surface area is 105 Å². The second-order valence-electron chi connectivity index (χ2n) is 4.03. The first-order valence-corrected chi connectivity index (χ1v) is 8.20. The van der Waals surface area contributed by atoms with Crippen molar-refractivity contribution in [3.63, 3.8) is 0 Å². The molecule has 0 amide bonds. The highest BCUT2D eigenvalue weighted by Crippen LogP contribution is 2.26. The van der Waals surface area contributed by atoms with Gasteiger partial charge in [0.25, 0.3) is 10.1 Å². The summed E-state index contributed by atoms with van der Waals surface area (Å²) in [6.07, 6.45) is 2.31. The van der Waals surface area contributed by atoms with Crippen molar-refractivity contribution in [1.29, 1.82) is 0 Å². The lowest BCUT2D eigenvalue weighted by molar-refractivity contribution is 0.484. The standard InChI is InChI=1S/C10H11NO5S2/c1-11-6-10(18(14,15)16)8-4-3-7(5-9(8)11)17(2,12)13/h3-6H,1-2H3,(H,14,15,16). The molecule has 1 N–H and O–H groups in total. The third-order valence-corrected chi connectivity index (χ3v) is 4.62. The topological polar surface area (TPSA) is 93.4 Å². The molecular weight excluding hydrogens is 278 g/mol. The quantitative estimate of drug-likeness (QED) is 0.826. The Morgan fingerprint density at radius 1 is 1.17 bits per heavy atom. The predicted octanol–water partition coefficient (Wildman–Crippen LogP) is 0.829. The Balaban J connectivity index is 2.87. The molecule has 18 heavy (non-hydrogen) atoms. The number of hydrogen-bond donors (Lipinski definition) is 1. The molecule has 0 saturated carbocycles. The van der Waals surface area contributed by atoms with E-state index in [1.807, 2.05) is 0 Å². The highest BCUT2D eigenvalue weighted by molar-refractivity contribution is 7.90. The maximum absolute atomic E-state index is 11.4. The van der Waals surface area contributed by atoms with E-state index in [0.29, 0.717) is 5.52 Å². The maximum atomic E-state index is 11.4. The van der Waals surface area contributed by atoms with Crippen molar-refractivity contribution in [3.8, 4) is 0 Å². The Hall–Kier alpha value is -1.38. The molecule has 0 saturated heterocycles. The van der Waals surface area contributed by atoms with E-state index in [-0.39, 0.29) is 15.2 Å². The van der Waals surface area contributed by atoms with Crippen LogP contribution >= 0.6 is 0 Å². The molecule has 0 radical (unpaired) electrons. The van der Waals surface area contributed by atoms with Crippen LogP contribution in [0.1, 0.15) is 0 Å². The molecule has 1 aromatic carbocycles. The van der Waals surface area contributed by atoms with Crippen molar-refractivity contribution < 1.29 is 21.4 Å². The van der Waals surface area contributed by atoms with Crippen molar-refractivity contribution in [2.24, 2.45) is 7.05 Å². The molecular formula is C10H11NO5S2. The van der Waals surface area contributed by atoms with Crippen LogP contribution in [-0.4, -0.2) is 32.2 Å². The number of benzene rings is 1. The first kappa shape index (κ1) is 13.1. The maximum Gasteiger partial charge on any atom is 0.296 e. The molecule has 8 heteroatoms. The summed E-state index contributed by atoms with van der Waals surface area (Å²) < 4.78 is 55.7. The zero-order valence-electron chi connectivity index (χ0n) is 9.65. The van der Waals surface area contributed by atoms with Gasteiger partial charge in [0.15, 0.2) is 9.84 Å². The minimum Gasteiger partial charge on any atom is -0.349 e. The molecule has 0 aliphatic rings. The van der Waals surface area contributed by atoms with E-state index in [1.165, 1.54) is 29.0 Å². The summed E-state index contributed by atoms with van der Waals surface area (Å²) in [6.45, 7) is 0. The van der Waals surface area contributed by atoms with E-state index < -0.39 is 20.0 Å².